The third-order valence-corrected chi connectivity index (χ3v) is 5.93. The molecule has 0 fully saturated rings. The van der Waals surface area contributed by atoms with Crippen molar-refractivity contribution in [1.82, 2.24) is 9.95 Å². The van der Waals surface area contributed by atoms with E-state index in [-0.39, 0.29) is 5.41 Å². The van der Waals surface area contributed by atoms with Gasteiger partial charge < -0.3 is 18.9 Å². The van der Waals surface area contributed by atoms with Crippen LogP contribution in [0.1, 0.15) is 89.5 Å². The quantitative estimate of drug-likeness (QED) is 0.0766. The summed E-state index contributed by atoms with van der Waals surface area (Å²) in [7, 11) is 5.09. The number of methoxy groups -OCH3 is 2. The summed E-state index contributed by atoms with van der Waals surface area (Å²) in [5, 5.41) is 1.52. The molecule has 9 heteroatoms. The zero-order valence-corrected chi connectivity index (χ0v) is 25.2. The first-order valence-electron chi connectivity index (χ1n) is 12.6. The molecule has 0 bridgehead atoms. The summed E-state index contributed by atoms with van der Waals surface area (Å²) in [5.74, 6) is 0.708. The third-order valence-electron chi connectivity index (χ3n) is 5.55. The molecule has 0 atom stereocenters. The van der Waals surface area contributed by atoms with Gasteiger partial charge in [0, 0.05) is 26.7 Å². The van der Waals surface area contributed by atoms with Crippen molar-refractivity contribution in [3.8, 4) is 0 Å². The van der Waals surface area contributed by atoms with Gasteiger partial charge in [0.2, 0.25) is 0 Å². The first kappa shape index (κ1) is 33.3. The number of hydrogen-bond donors (Lipinski definition) is 1. The lowest BCUT2D eigenvalue weighted by atomic mass is 9.88. The number of benzene rings is 1. The zero-order valence-electron chi connectivity index (χ0n) is 24.4. The molecule has 0 radical (unpaired) electrons. The summed E-state index contributed by atoms with van der Waals surface area (Å²) in [6.07, 6.45) is 0. The van der Waals surface area contributed by atoms with E-state index in [2.05, 4.69) is 72.4 Å². The summed E-state index contributed by atoms with van der Waals surface area (Å²) in [6.45, 7) is 20.4. The topological polar surface area (TPSA) is 70.7 Å². The van der Waals surface area contributed by atoms with Gasteiger partial charge in [0.05, 0.1) is 38.6 Å². The molecule has 0 aliphatic rings. The molecule has 0 aliphatic heterocycles. The van der Waals surface area contributed by atoms with Crippen LogP contribution in [0.3, 0.4) is 0 Å². The highest BCUT2D eigenvalue weighted by atomic mass is 32.2. The minimum absolute atomic E-state index is 0.0283. The molecule has 0 saturated heterocycles. The molecule has 36 heavy (non-hydrogen) atoms. The molecule has 1 N–H and O–H groups in total. The fourth-order valence-corrected chi connectivity index (χ4v) is 4.17. The van der Waals surface area contributed by atoms with E-state index in [0.717, 1.165) is 12.2 Å². The van der Waals surface area contributed by atoms with Crippen molar-refractivity contribution < 1.29 is 28.1 Å². The Morgan fingerprint density at radius 2 is 1.44 bits per heavy atom. The van der Waals surface area contributed by atoms with Gasteiger partial charge in [-0.3, -0.25) is 4.18 Å². The highest BCUT2D eigenvalue weighted by molar-refractivity contribution is 7.92. The van der Waals surface area contributed by atoms with Crippen LogP contribution in [0.25, 0.3) is 0 Å². The average Bonchev–Trinajstić information content (AvgIpc) is 2.77. The van der Waals surface area contributed by atoms with Crippen LogP contribution in [0.5, 0.6) is 0 Å². The molecule has 0 aliphatic carbocycles. The number of nitrogens with one attached hydrogen (secondary N) is 1. The summed E-state index contributed by atoms with van der Waals surface area (Å²) >= 11 is 1.05. The van der Waals surface area contributed by atoms with Crippen LogP contribution in [-0.4, -0.2) is 58.5 Å². The summed E-state index contributed by atoms with van der Waals surface area (Å²) < 4.78 is 28.4. The van der Waals surface area contributed by atoms with Crippen molar-refractivity contribution in [3.63, 3.8) is 0 Å². The second-order valence-corrected chi connectivity index (χ2v) is 11.8. The highest BCUT2D eigenvalue weighted by Crippen LogP contribution is 2.31. The molecule has 0 saturated carbocycles. The van der Waals surface area contributed by atoms with Crippen molar-refractivity contribution >= 4 is 12.2 Å². The number of ether oxygens (including phenoxy) is 4. The molecule has 0 aromatic heterocycles. The van der Waals surface area contributed by atoms with E-state index in [1.54, 1.807) is 21.3 Å². The Labute approximate surface area is 223 Å². The standard InChI is InChI=1S/C27H50N2O6S/c1-20(2)24-13-23(15-34-36-28-35-29(9)19-31-11)25(21(3)4)12-22(24)14-33-27(7,8)18-32-17-26(5,6)16-30-10/h12-13,20-21,28H,14-19H2,1-11H3. The van der Waals surface area contributed by atoms with Crippen LogP contribution in [0.2, 0.25) is 0 Å². The van der Waals surface area contributed by atoms with Crippen LogP contribution in [0, 0.1) is 5.41 Å². The Morgan fingerprint density at radius 3 is 1.97 bits per heavy atom. The van der Waals surface area contributed by atoms with E-state index in [1.807, 2.05) is 0 Å². The van der Waals surface area contributed by atoms with Crippen molar-refractivity contribution in [3.05, 3.63) is 34.4 Å². The Morgan fingerprint density at radius 1 is 0.861 bits per heavy atom. The summed E-state index contributed by atoms with van der Waals surface area (Å²) in [4.78, 5) is 7.97. The molecule has 1 aromatic carbocycles. The van der Waals surface area contributed by atoms with E-state index in [4.69, 9.17) is 28.1 Å². The molecule has 0 spiro atoms. The normalized spacial score (nSPS) is 12.9. The second kappa shape index (κ2) is 16.3. The third kappa shape index (κ3) is 12.7. The van der Waals surface area contributed by atoms with Gasteiger partial charge in [-0.25, -0.2) is 0 Å². The largest absolute Gasteiger partial charge is 0.384 e. The Hall–Kier alpha value is -0.750. The van der Waals surface area contributed by atoms with E-state index in [1.165, 1.54) is 27.3 Å². The van der Waals surface area contributed by atoms with Crippen LogP contribution >= 0.6 is 12.2 Å². The van der Waals surface area contributed by atoms with Crippen LogP contribution in [0.15, 0.2) is 12.1 Å². The van der Waals surface area contributed by atoms with Gasteiger partial charge in [0.1, 0.15) is 19.0 Å². The van der Waals surface area contributed by atoms with Crippen LogP contribution in [0.4, 0.5) is 0 Å². The predicted octanol–water partition coefficient (Wildman–Crippen LogP) is 5.97. The molecule has 0 amide bonds. The predicted molar refractivity (Wildman–Crippen MR) is 146 cm³/mol. The number of nitrogens with zero attached hydrogens (tertiary/aromatic N) is 1. The summed E-state index contributed by atoms with van der Waals surface area (Å²) in [5.41, 5.74) is 4.46. The number of rotatable bonds is 19. The van der Waals surface area contributed by atoms with Gasteiger partial charge in [0.15, 0.2) is 0 Å². The molecule has 1 aromatic rings. The highest BCUT2D eigenvalue weighted by Gasteiger charge is 2.24. The van der Waals surface area contributed by atoms with Gasteiger partial charge in [-0.15, -0.1) is 5.06 Å². The van der Waals surface area contributed by atoms with Crippen molar-refractivity contribution in [2.75, 3.05) is 47.8 Å². The minimum Gasteiger partial charge on any atom is -0.384 e. The van der Waals surface area contributed by atoms with Gasteiger partial charge >= 0.3 is 0 Å². The number of hydroxylamine groups is 2. The zero-order chi connectivity index (χ0) is 27.4. The molecule has 1 rings (SSSR count). The fourth-order valence-electron chi connectivity index (χ4n) is 3.78. The van der Waals surface area contributed by atoms with Crippen LogP contribution < -0.4 is 4.89 Å². The van der Waals surface area contributed by atoms with E-state index < -0.39 is 5.60 Å². The Bertz CT molecular complexity index is 758. The Kier molecular flexibility index (Phi) is 15.0. The van der Waals surface area contributed by atoms with Crippen molar-refractivity contribution in [2.45, 2.75) is 86.0 Å². The van der Waals surface area contributed by atoms with Crippen molar-refractivity contribution in [2.24, 2.45) is 5.41 Å². The first-order valence-corrected chi connectivity index (χ1v) is 13.3. The molecular weight excluding hydrogens is 480 g/mol. The Balaban J connectivity index is 2.83. The maximum atomic E-state index is 6.38. The first-order chi connectivity index (χ1) is 16.8. The van der Waals surface area contributed by atoms with Gasteiger partial charge in [-0.2, -0.15) is 4.94 Å². The van der Waals surface area contributed by atoms with E-state index >= 15 is 0 Å². The average molecular weight is 531 g/mol. The maximum absolute atomic E-state index is 6.38. The van der Waals surface area contributed by atoms with E-state index in [0.29, 0.717) is 51.6 Å². The van der Waals surface area contributed by atoms with Gasteiger partial charge in [-0.1, -0.05) is 58.6 Å². The van der Waals surface area contributed by atoms with Gasteiger partial charge in [-0.05, 0) is 47.9 Å². The molecule has 0 heterocycles. The lowest BCUT2D eigenvalue weighted by molar-refractivity contribution is -0.206. The summed E-state index contributed by atoms with van der Waals surface area (Å²) in [6, 6.07) is 4.53. The fraction of sp³-hybridized carbons (Fsp3) is 0.778. The van der Waals surface area contributed by atoms with E-state index in [9.17, 15) is 0 Å². The molecule has 8 nitrogen and oxygen atoms in total. The SMILES string of the molecule is COCN(C)ONSOCc1cc(C(C)C)c(COC(C)(C)COCC(C)(C)COC)cc1C(C)C. The monoisotopic (exact) mass is 530 g/mol. The molecular formula is C27H50N2O6S. The maximum Gasteiger partial charge on any atom is 0.123 e. The molecule has 210 valence electrons. The number of hydrogen-bond acceptors (Lipinski definition) is 9. The van der Waals surface area contributed by atoms with Crippen LogP contribution in [-0.2, 0) is 41.3 Å². The lowest BCUT2D eigenvalue weighted by Gasteiger charge is -2.30. The molecule has 0 unspecified atom stereocenters. The second-order valence-electron chi connectivity index (χ2n) is 11.3. The van der Waals surface area contributed by atoms with Crippen molar-refractivity contribution in [1.29, 1.82) is 0 Å². The van der Waals surface area contributed by atoms with Gasteiger partial charge in [0.25, 0.3) is 0 Å². The smallest absolute Gasteiger partial charge is 0.123 e. The lowest BCUT2D eigenvalue weighted by Crippen LogP contribution is -2.34. The minimum atomic E-state index is -0.407.